The molecular formula is C17H28N2O. The fourth-order valence-electron chi connectivity index (χ4n) is 3.63. The molecule has 0 radical (unpaired) electrons. The zero-order valence-corrected chi connectivity index (χ0v) is 12.8. The van der Waals surface area contributed by atoms with Crippen LogP contribution in [0.15, 0.2) is 0 Å². The van der Waals surface area contributed by atoms with Gasteiger partial charge < -0.3 is 5.32 Å². The van der Waals surface area contributed by atoms with Gasteiger partial charge in [-0.2, -0.15) is 5.26 Å². The first-order valence-corrected chi connectivity index (χ1v) is 8.38. The first-order valence-electron chi connectivity index (χ1n) is 8.38. The number of nitrogens with one attached hydrogen (secondary N) is 1. The zero-order valence-electron chi connectivity index (χ0n) is 12.8. The van der Waals surface area contributed by atoms with Gasteiger partial charge in [-0.05, 0) is 44.4 Å². The first kappa shape index (κ1) is 15.4. The first-order chi connectivity index (χ1) is 9.65. The van der Waals surface area contributed by atoms with E-state index in [1.807, 2.05) is 0 Å². The van der Waals surface area contributed by atoms with Crippen LogP contribution in [0.3, 0.4) is 0 Å². The van der Waals surface area contributed by atoms with Gasteiger partial charge in [0, 0.05) is 5.92 Å². The number of carbonyl (C=O) groups is 1. The minimum atomic E-state index is -0.583. The molecule has 3 heteroatoms. The van der Waals surface area contributed by atoms with E-state index in [0.717, 1.165) is 57.3 Å². The summed E-state index contributed by atoms with van der Waals surface area (Å²) in [5.41, 5.74) is -0.583. The van der Waals surface area contributed by atoms with Crippen molar-refractivity contribution in [1.29, 1.82) is 5.26 Å². The highest BCUT2D eigenvalue weighted by atomic mass is 16.2. The molecule has 2 fully saturated rings. The van der Waals surface area contributed by atoms with Crippen molar-refractivity contribution in [2.24, 2.45) is 11.8 Å². The molecule has 0 aromatic rings. The van der Waals surface area contributed by atoms with Gasteiger partial charge in [-0.3, -0.25) is 4.79 Å². The summed E-state index contributed by atoms with van der Waals surface area (Å²) in [4.78, 5) is 12.5. The number of rotatable bonds is 2. The summed E-state index contributed by atoms with van der Waals surface area (Å²) in [6, 6.07) is 2.43. The third-order valence-corrected chi connectivity index (χ3v) is 5.17. The average molecular weight is 276 g/mol. The lowest BCUT2D eigenvalue weighted by molar-refractivity contribution is -0.127. The predicted octanol–water partition coefficient (Wildman–Crippen LogP) is 3.94. The third-order valence-electron chi connectivity index (χ3n) is 5.17. The van der Waals surface area contributed by atoms with Crippen LogP contribution < -0.4 is 5.32 Å². The summed E-state index contributed by atoms with van der Waals surface area (Å²) in [5.74, 6) is 1.03. The van der Waals surface area contributed by atoms with Crippen molar-refractivity contribution in [3.63, 3.8) is 0 Å². The van der Waals surface area contributed by atoms with Gasteiger partial charge in [0.05, 0.1) is 6.07 Å². The Labute approximate surface area is 123 Å². The summed E-state index contributed by atoms with van der Waals surface area (Å²) in [6.07, 6.45) is 11.7. The van der Waals surface area contributed by atoms with Crippen molar-refractivity contribution in [2.45, 2.75) is 83.1 Å². The summed E-state index contributed by atoms with van der Waals surface area (Å²) < 4.78 is 0. The monoisotopic (exact) mass is 276 g/mol. The molecule has 0 atom stereocenters. The highest BCUT2D eigenvalue weighted by molar-refractivity contribution is 5.80. The Morgan fingerprint density at radius 2 is 1.60 bits per heavy atom. The van der Waals surface area contributed by atoms with Crippen LogP contribution in [0.25, 0.3) is 0 Å². The summed E-state index contributed by atoms with van der Waals surface area (Å²) in [7, 11) is 0. The number of nitrogens with zero attached hydrogens (tertiary/aromatic N) is 1. The van der Waals surface area contributed by atoms with E-state index in [-0.39, 0.29) is 11.8 Å². The molecule has 20 heavy (non-hydrogen) atoms. The van der Waals surface area contributed by atoms with Crippen molar-refractivity contribution in [3.05, 3.63) is 0 Å². The van der Waals surface area contributed by atoms with Gasteiger partial charge in [0.25, 0.3) is 0 Å². The molecule has 0 aliphatic heterocycles. The Kier molecular flexibility index (Phi) is 5.46. The van der Waals surface area contributed by atoms with Crippen molar-refractivity contribution in [3.8, 4) is 6.07 Å². The second-order valence-electron chi connectivity index (χ2n) is 6.91. The van der Waals surface area contributed by atoms with Gasteiger partial charge in [0.2, 0.25) is 5.91 Å². The van der Waals surface area contributed by atoms with Crippen LogP contribution in [0.1, 0.15) is 77.6 Å². The molecule has 1 N–H and O–H groups in total. The molecule has 0 saturated heterocycles. The summed E-state index contributed by atoms with van der Waals surface area (Å²) in [5, 5.41) is 12.7. The lowest BCUT2D eigenvalue weighted by Crippen LogP contribution is -2.50. The molecule has 0 heterocycles. The van der Waals surface area contributed by atoms with Gasteiger partial charge >= 0.3 is 0 Å². The standard InChI is InChI=1S/C17H28N2O/c1-14-7-9-15(10-8-14)16(20)19-17(13-18)11-5-3-2-4-6-12-17/h14-15H,2-12H2,1H3,(H,19,20). The van der Waals surface area contributed by atoms with Crippen LogP contribution in [-0.2, 0) is 4.79 Å². The largest absolute Gasteiger partial charge is 0.338 e. The van der Waals surface area contributed by atoms with Gasteiger partial charge in [0.15, 0.2) is 0 Å². The van der Waals surface area contributed by atoms with Crippen molar-refractivity contribution < 1.29 is 4.79 Å². The minimum absolute atomic E-state index is 0.138. The summed E-state index contributed by atoms with van der Waals surface area (Å²) >= 11 is 0. The second kappa shape index (κ2) is 7.11. The number of hydrogen-bond acceptors (Lipinski definition) is 2. The number of nitriles is 1. The molecular weight excluding hydrogens is 248 g/mol. The quantitative estimate of drug-likeness (QED) is 0.830. The Hall–Kier alpha value is -1.04. The van der Waals surface area contributed by atoms with E-state index < -0.39 is 5.54 Å². The Bertz CT molecular complexity index is 356. The lowest BCUT2D eigenvalue weighted by Gasteiger charge is -2.33. The van der Waals surface area contributed by atoms with E-state index in [0.29, 0.717) is 0 Å². The van der Waals surface area contributed by atoms with E-state index in [1.165, 1.54) is 19.3 Å². The molecule has 3 nitrogen and oxygen atoms in total. The number of hydrogen-bond donors (Lipinski definition) is 1. The average Bonchev–Trinajstić information content (AvgIpc) is 2.43. The molecule has 2 saturated carbocycles. The van der Waals surface area contributed by atoms with E-state index in [2.05, 4.69) is 18.3 Å². The molecule has 0 unspecified atom stereocenters. The van der Waals surface area contributed by atoms with E-state index in [9.17, 15) is 10.1 Å². The van der Waals surface area contributed by atoms with E-state index in [1.54, 1.807) is 0 Å². The topological polar surface area (TPSA) is 52.9 Å². The molecule has 0 aromatic carbocycles. The van der Waals surface area contributed by atoms with E-state index in [4.69, 9.17) is 0 Å². The van der Waals surface area contributed by atoms with Crippen molar-refractivity contribution in [1.82, 2.24) is 5.32 Å². The molecule has 0 spiro atoms. The van der Waals surface area contributed by atoms with Crippen molar-refractivity contribution >= 4 is 5.91 Å². The SMILES string of the molecule is CC1CCC(C(=O)NC2(C#N)CCCCCCC2)CC1. The Balaban J connectivity index is 1.94. The Morgan fingerprint density at radius 1 is 1.05 bits per heavy atom. The van der Waals surface area contributed by atoms with Crippen LogP contribution in [-0.4, -0.2) is 11.4 Å². The van der Waals surface area contributed by atoms with Crippen LogP contribution >= 0.6 is 0 Å². The smallest absolute Gasteiger partial charge is 0.224 e. The van der Waals surface area contributed by atoms with Crippen LogP contribution in [0.5, 0.6) is 0 Å². The van der Waals surface area contributed by atoms with Gasteiger partial charge in [0.1, 0.15) is 5.54 Å². The van der Waals surface area contributed by atoms with Crippen LogP contribution in [0.2, 0.25) is 0 Å². The van der Waals surface area contributed by atoms with Gasteiger partial charge in [-0.1, -0.05) is 39.0 Å². The van der Waals surface area contributed by atoms with Gasteiger partial charge in [-0.15, -0.1) is 0 Å². The lowest BCUT2D eigenvalue weighted by atomic mass is 9.80. The zero-order chi connectivity index (χ0) is 14.4. The van der Waals surface area contributed by atoms with Gasteiger partial charge in [-0.25, -0.2) is 0 Å². The fraction of sp³-hybridized carbons (Fsp3) is 0.882. The molecule has 2 rings (SSSR count). The maximum absolute atomic E-state index is 12.5. The maximum Gasteiger partial charge on any atom is 0.224 e. The highest BCUT2D eigenvalue weighted by Gasteiger charge is 2.34. The third kappa shape index (κ3) is 3.98. The maximum atomic E-state index is 12.5. The number of carbonyl (C=O) groups excluding carboxylic acids is 1. The minimum Gasteiger partial charge on any atom is -0.338 e. The van der Waals surface area contributed by atoms with Crippen LogP contribution in [0.4, 0.5) is 0 Å². The summed E-state index contributed by atoms with van der Waals surface area (Å²) in [6.45, 7) is 2.26. The normalized spacial score (nSPS) is 30.6. The van der Waals surface area contributed by atoms with E-state index >= 15 is 0 Å². The fourth-order valence-corrected chi connectivity index (χ4v) is 3.63. The molecule has 112 valence electrons. The molecule has 1 amide bonds. The molecule has 0 bridgehead atoms. The molecule has 2 aliphatic carbocycles. The van der Waals surface area contributed by atoms with Crippen molar-refractivity contribution in [2.75, 3.05) is 0 Å². The Morgan fingerprint density at radius 3 is 2.15 bits per heavy atom. The molecule has 0 aromatic heterocycles. The predicted molar refractivity (Wildman–Crippen MR) is 79.9 cm³/mol. The molecule has 2 aliphatic rings. The second-order valence-corrected chi connectivity index (χ2v) is 6.91. The van der Waals surface area contributed by atoms with Crippen LogP contribution in [0, 0.1) is 23.2 Å². The number of amides is 1. The highest BCUT2D eigenvalue weighted by Crippen LogP contribution is 2.31.